The van der Waals surface area contributed by atoms with Gasteiger partial charge in [0.2, 0.25) is 11.8 Å². The van der Waals surface area contributed by atoms with Crippen molar-refractivity contribution in [2.24, 2.45) is 9.98 Å². The molecule has 0 aliphatic carbocycles. The van der Waals surface area contributed by atoms with Crippen molar-refractivity contribution in [3.8, 4) is 5.88 Å². The molecule has 1 aromatic carbocycles. The number of nitrogens with zero attached hydrogens (tertiary/aromatic N) is 4. The van der Waals surface area contributed by atoms with E-state index in [2.05, 4.69) is 33.2 Å². The van der Waals surface area contributed by atoms with Crippen molar-refractivity contribution >= 4 is 12.7 Å². The second kappa shape index (κ2) is 9.28. The quantitative estimate of drug-likeness (QED) is 0.583. The first-order chi connectivity index (χ1) is 13.5. The molecule has 3 rings (SSSR count). The van der Waals surface area contributed by atoms with Gasteiger partial charge in [0.05, 0.1) is 12.6 Å². The van der Waals surface area contributed by atoms with Crippen LogP contribution in [0.3, 0.4) is 0 Å². The van der Waals surface area contributed by atoms with Crippen LogP contribution in [0, 0.1) is 0 Å². The third kappa shape index (κ3) is 5.27. The maximum absolute atomic E-state index is 6.11. The minimum Gasteiger partial charge on any atom is -0.473 e. The molecule has 2 unspecified atom stereocenters. The molecule has 0 amide bonds. The largest absolute Gasteiger partial charge is 0.473 e. The predicted molar refractivity (Wildman–Crippen MR) is 112 cm³/mol. The van der Waals surface area contributed by atoms with Gasteiger partial charge in [-0.05, 0) is 32.2 Å². The fraction of sp³-hybridized carbons (Fsp3) is 0.318. The van der Waals surface area contributed by atoms with E-state index in [0.717, 1.165) is 11.1 Å². The van der Waals surface area contributed by atoms with Gasteiger partial charge in [-0.3, -0.25) is 0 Å². The first-order valence-corrected chi connectivity index (χ1v) is 9.29. The van der Waals surface area contributed by atoms with Crippen LogP contribution in [0.5, 0.6) is 5.88 Å². The van der Waals surface area contributed by atoms with Gasteiger partial charge in [-0.2, -0.15) is 0 Å². The molecule has 2 aromatic rings. The molecule has 0 spiro atoms. The lowest BCUT2D eigenvalue weighted by molar-refractivity contribution is -0.0600. The summed E-state index contributed by atoms with van der Waals surface area (Å²) in [5.41, 5.74) is 2.79. The molecule has 0 bridgehead atoms. The number of guanidine groups is 1. The number of rotatable bonds is 5. The van der Waals surface area contributed by atoms with Crippen molar-refractivity contribution in [1.29, 1.82) is 0 Å². The van der Waals surface area contributed by atoms with E-state index in [1.54, 1.807) is 6.20 Å². The Morgan fingerprint density at radius 1 is 1.25 bits per heavy atom. The first kappa shape index (κ1) is 19.8. The van der Waals surface area contributed by atoms with Gasteiger partial charge < -0.3 is 14.4 Å². The fourth-order valence-corrected chi connectivity index (χ4v) is 3.07. The predicted octanol–water partition coefficient (Wildman–Crippen LogP) is 4.01. The normalized spacial score (nSPS) is 19.9. The molecule has 6 heteroatoms. The maximum atomic E-state index is 6.11. The van der Waals surface area contributed by atoms with Crippen molar-refractivity contribution in [1.82, 2.24) is 9.88 Å². The zero-order valence-electron chi connectivity index (χ0n) is 16.4. The van der Waals surface area contributed by atoms with E-state index in [9.17, 15) is 0 Å². The van der Waals surface area contributed by atoms with E-state index in [1.165, 1.54) is 0 Å². The number of allylic oxidation sites excluding steroid dienone is 1. The van der Waals surface area contributed by atoms with Crippen molar-refractivity contribution in [3.63, 3.8) is 0 Å². The lowest BCUT2D eigenvalue weighted by Crippen LogP contribution is -2.45. The minimum atomic E-state index is -0.128. The molecule has 6 nitrogen and oxygen atoms in total. The van der Waals surface area contributed by atoms with Crippen LogP contribution >= 0.6 is 0 Å². The van der Waals surface area contributed by atoms with Crippen LogP contribution in [-0.4, -0.2) is 41.8 Å². The van der Waals surface area contributed by atoms with Gasteiger partial charge in [0.1, 0.15) is 12.7 Å². The smallest absolute Gasteiger partial charge is 0.225 e. The van der Waals surface area contributed by atoms with Gasteiger partial charge in [-0.1, -0.05) is 36.9 Å². The van der Waals surface area contributed by atoms with Crippen molar-refractivity contribution in [3.05, 3.63) is 72.1 Å². The third-order valence-corrected chi connectivity index (χ3v) is 4.34. The number of benzene rings is 1. The Hall–Kier alpha value is -2.99. The molecular weight excluding hydrogens is 352 g/mol. The molecule has 1 saturated heterocycles. The molecule has 1 aliphatic heterocycles. The molecule has 28 heavy (non-hydrogen) atoms. The number of morpholine rings is 1. The van der Waals surface area contributed by atoms with Crippen LogP contribution in [0.25, 0.3) is 0 Å². The summed E-state index contributed by atoms with van der Waals surface area (Å²) in [5, 5.41) is 0. The Balaban J connectivity index is 1.66. The maximum Gasteiger partial charge on any atom is 0.225 e. The summed E-state index contributed by atoms with van der Waals surface area (Å²) < 4.78 is 11.9. The highest BCUT2D eigenvalue weighted by Crippen LogP contribution is 2.26. The topological polar surface area (TPSA) is 59.3 Å². The van der Waals surface area contributed by atoms with E-state index >= 15 is 0 Å². The lowest BCUT2D eigenvalue weighted by Gasteiger charge is -2.37. The standard InChI is InChI=1S/C22H26N4O2/c1-16(2)25-22(23-4)26-13-17(3)28-20(14-26)19-10-11-21(24-12-19)27-15-18-8-6-5-7-9-18/h5-12,17,20H,1,4,13-15H2,2-3H3. The van der Waals surface area contributed by atoms with Crippen LogP contribution in [0.1, 0.15) is 31.1 Å². The summed E-state index contributed by atoms with van der Waals surface area (Å²) in [6.07, 6.45) is 1.71. The van der Waals surface area contributed by atoms with Crippen molar-refractivity contribution in [2.45, 2.75) is 32.7 Å². The van der Waals surface area contributed by atoms with Crippen LogP contribution in [0.4, 0.5) is 0 Å². The molecular formula is C22H26N4O2. The molecule has 1 aromatic heterocycles. The lowest BCUT2D eigenvalue weighted by atomic mass is 10.1. The molecule has 1 aliphatic rings. The first-order valence-electron chi connectivity index (χ1n) is 9.29. The molecule has 0 saturated carbocycles. The summed E-state index contributed by atoms with van der Waals surface area (Å²) in [6, 6.07) is 13.9. The molecule has 0 radical (unpaired) electrons. The van der Waals surface area contributed by atoms with Gasteiger partial charge in [0.15, 0.2) is 0 Å². The number of pyridine rings is 1. The molecule has 0 N–H and O–H groups in total. The average molecular weight is 378 g/mol. The molecule has 1 fully saturated rings. The number of hydrogen-bond donors (Lipinski definition) is 0. The fourth-order valence-electron chi connectivity index (χ4n) is 3.07. The number of aliphatic imine (C=N–C) groups is 2. The third-order valence-electron chi connectivity index (χ3n) is 4.34. The van der Waals surface area contributed by atoms with Gasteiger partial charge >= 0.3 is 0 Å². The van der Waals surface area contributed by atoms with Crippen molar-refractivity contribution < 1.29 is 9.47 Å². The van der Waals surface area contributed by atoms with Crippen LogP contribution < -0.4 is 4.74 Å². The van der Waals surface area contributed by atoms with Gasteiger partial charge in [-0.25, -0.2) is 15.0 Å². The molecule has 2 heterocycles. The highest BCUT2D eigenvalue weighted by atomic mass is 16.5. The van der Waals surface area contributed by atoms with E-state index in [4.69, 9.17) is 9.47 Å². The highest BCUT2D eigenvalue weighted by molar-refractivity contribution is 5.85. The van der Waals surface area contributed by atoms with E-state index in [-0.39, 0.29) is 12.2 Å². The molecule has 2 atom stereocenters. The summed E-state index contributed by atoms with van der Waals surface area (Å²) >= 11 is 0. The number of ether oxygens (including phenoxy) is 2. The van der Waals surface area contributed by atoms with Gasteiger partial charge in [0, 0.05) is 30.1 Å². The highest BCUT2D eigenvalue weighted by Gasteiger charge is 2.28. The Labute approximate surface area is 166 Å². The Morgan fingerprint density at radius 3 is 2.68 bits per heavy atom. The van der Waals surface area contributed by atoms with Gasteiger partial charge in [-0.15, -0.1) is 0 Å². The zero-order chi connectivity index (χ0) is 19.9. The van der Waals surface area contributed by atoms with E-state index in [0.29, 0.717) is 37.2 Å². The summed E-state index contributed by atoms with van der Waals surface area (Å²) in [6.45, 7) is 13.2. The minimum absolute atomic E-state index is 0.0322. The SMILES string of the molecule is C=NC(=NC(=C)C)N1CC(C)OC(c2ccc(OCc3ccccc3)nc2)C1. The second-order valence-electron chi connectivity index (χ2n) is 6.85. The van der Waals surface area contributed by atoms with Crippen molar-refractivity contribution in [2.75, 3.05) is 13.1 Å². The molecule has 146 valence electrons. The number of hydrogen-bond acceptors (Lipinski definition) is 4. The van der Waals surface area contributed by atoms with E-state index in [1.807, 2.05) is 56.3 Å². The summed E-state index contributed by atoms with van der Waals surface area (Å²) in [5.74, 6) is 1.16. The Kier molecular flexibility index (Phi) is 6.55. The average Bonchev–Trinajstić information content (AvgIpc) is 2.71. The van der Waals surface area contributed by atoms with Crippen LogP contribution in [0.15, 0.2) is 70.9 Å². The Morgan fingerprint density at radius 2 is 2.04 bits per heavy atom. The monoisotopic (exact) mass is 378 g/mol. The number of aromatic nitrogens is 1. The van der Waals surface area contributed by atoms with Crippen LogP contribution in [-0.2, 0) is 11.3 Å². The Bertz CT molecular complexity index is 833. The zero-order valence-corrected chi connectivity index (χ0v) is 16.4. The summed E-state index contributed by atoms with van der Waals surface area (Å²) in [4.78, 5) is 14.9. The van der Waals surface area contributed by atoms with Gasteiger partial charge in [0.25, 0.3) is 0 Å². The second-order valence-corrected chi connectivity index (χ2v) is 6.85. The van der Waals surface area contributed by atoms with Crippen LogP contribution in [0.2, 0.25) is 0 Å². The van der Waals surface area contributed by atoms with E-state index < -0.39 is 0 Å². The summed E-state index contributed by atoms with van der Waals surface area (Å²) in [7, 11) is 0.